The zero-order chi connectivity index (χ0) is 9.07. The minimum Gasteiger partial charge on any atom is -0.505 e. The first-order chi connectivity index (χ1) is 5.91. The SMILES string of the molecule is CCCCCCCC/C=C/OC. The molecule has 0 aliphatic rings. The molecule has 0 bridgehead atoms. The molecule has 0 amide bonds. The lowest BCUT2D eigenvalue weighted by atomic mass is 10.1. The number of hydrogen-bond donors (Lipinski definition) is 0. The van der Waals surface area contributed by atoms with Crippen molar-refractivity contribution in [2.24, 2.45) is 0 Å². The molecule has 72 valence electrons. The molecular weight excluding hydrogens is 148 g/mol. The molecule has 1 nitrogen and oxygen atoms in total. The Morgan fingerprint density at radius 2 is 1.67 bits per heavy atom. The van der Waals surface area contributed by atoms with Crippen LogP contribution in [0.3, 0.4) is 0 Å². The molecule has 0 rings (SSSR count). The summed E-state index contributed by atoms with van der Waals surface area (Å²) in [5.74, 6) is 0. The maximum absolute atomic E-state index is 4.81. The van der Waals surface area contributed by atoms with Gasteiger partial charge in [-0.3, -0.25) is 0 Å². The normalized spacial score (nSPS) is 10.8. The fourth-order valence-electron chi connectivity index (χ4n) is 1.21. The first-order valence-electron chi connectivity index (χ1n) is 5.09. The highest BCUT2D eigenvalue weighted by atomic mass is 16.5. The summed E-state index contributed by atoms with van der Waals surface area (Å²) in [5.41, 5.74) is 0. The van der Waals surface area contributed by atoms with E-state index in [0.29, 0.717) is 0 Å². The monoisotopic (exact) mass is 170 g/mol. The largest absolute Gasteiger partial charge is 0.505 e. The van der Waals surface area contributed by atoms with Gasteiger partial charge in [0, 0.05) is 0 Å². The molecule has 0 spiro atoms. The summed E-state index contributed by atoms with van der Waals surface area (Å²) in [6.07, 6.45) is 13.3. The van der Waals surface area contributed by atoms with Gasteiger partial charge >= 0.3 is 0 Å². The van der Waals surface area contributed by atoms with Crippen molar-refractivity contribution >= 4 is 0 Å². The highest BCUT2D eigenvalue weighted by Gasteiger charge is 1.87. The van der Waals surface area contributed by atoms with Crippen LogP contribution in [0.5, 0.6) is 0 Å². The van der Waals surface area contributed by atoms with Crippen molar-refractivity contribution in [3.63, 3.8) is 0 Å². The average molecular weight is 170 g/mol. The Kier molecular flexibility index (Phi) is 10.1. The van der Waals surface area contributed by atoms with Crippen LogP contribution in [0.2, 0.25) is 0 Å². The predicted octanol–water partition coefficient (Wildman–Crippen LogP) is 3.90. The molecule has 0 radical (unpaired) electrons. The highest BCUT2D eigenvalue weighted by Crippen LogP contribution is 2.06. The minimum absolute atomic E-state index is 1.17. The Morgan fingerprint density at radius 1 is 1.00 bits per heavy atom. The van der Waals surface area contributed by atoms with Crippen molar-refractivity contribution in [3.05, 3.63) is 12.3 Å². The van der Waals surface area contributed by atoms with Gasteiger partial charge in [0.25, 0.3) is 0 Å². The van der Waals surface area contributed by atoms with E-state index in [9.17, 15) is 0 Å². The molecule has 0 aliphatic heterocycles. The summed E-state index contributed by atoms with van der Waals surface area (Å²) in [6, 6.07) is 0. The van der Waals surface area contributed by atoms with Gasteiger partial charge in [0.15, 0.2) is 0 Å². The van der Waals surface area contributed by atoms with Gasteiger partial charge in [0.1, 0.15) is 0 Å². The fraction of sp³-hybridized carbons (Fsp3) is 0.818. The molecule has 0 unspecified atom stereocenters. The van der Waals surface area contributed by atoms with Crippen LogP contribution in [0.25, 0.3) is 0 Å². The standard InChI is InChI=1S/C11H22O/c1-3-4-5-6-7-8-9-10-11-12-2/h10-11H,3-9H2,1-2H3/b11-10+. The number of methoxy groups -OCH3 is 1. The van der Waals surface area contributed by atoms with E-state index in [1.807, 2.05) is 0 Å². The summed E-state index contributed by atoms with van der Waals surface area (Å²) in [7, 11) is 1.69. The summed E-state index contributed by atoms with van der Waals surface area (Å²) in [6.45, 7) is 2.25. The van der Waals surface area contributed by atoms with Crippen LogP contribution >= 0.6 is 0 Å². The zero-order valence-corrected chi connectivity index (χ0v) is 8.51. The van der Waals surface area contributed by atoms with Crippen LogP contribution < -0.4 is 0 Å². The fourth-order valence-corrected chi connectivity index (χ4v) is 1.21. The molecule has 0 N–H and O–H groups in total. The summed E-state index contributed by atoms with van der Waals surface area (Å²) >= 11 is 0. The Bertz CT molecular complexity index is 97.2. The van der Waals surface area contributed by atoms with E-state index in [-0.39, 0.29) is 0 Å². The third-order valence-corrected chi connectivity index (χ3v) is 1.96. The van der Waals surface area contributed by atoms with Crippen molar-refractivity contribution < 1.29 is 4.74 Å². The van der Waals surface area contributed by atoms with Crippen molar-refractivity contribution in [1.29, 1.82) is 0 Å². The summed E-state index contributed by atoms with van der Waals surface area (Å²) < 4.78 is 4.81. The van der Waals surface area contributed by atoms with Crippen LogP contribution in [0.15, 0.2) is 12.3 Å². The smallest absolute Gasteiger partial charge is 0.0784 e. The number of unbranched alkanes of at least 4 members (excludes halogenated alkanes) is 6. The minimum atomic E-state index is 1.17. The Morgan fingerprint density at radius 3 is 2.33 bits per heavy atom. The molecule has 0 aromatic carbocycles. The first kappa shape index (κ1) is 11.5. The van der Waals surface area contributed by atoms with E-state index >= 15 is 0 Å². The number of hydrogen-bond acceptors (Lipinski definition) is 1. The van der Waals surface area contributed by atoms with Gasteiger partial charge in [-0.2, -0.15) is 0 Å². The second-order valence-corrected chi connectivity index (χ2v) is 3.16. The van der Waals surface area contributed by atoms with Gasteiger partial charge in [0.2, 0.25) is 0 Å². The van der Waals surface area contributed by atoms with Crippen LogP contribution in [-0.4, -0.2) is 7.11 Å². The summed E-state index contributed by atoms with van der Waals surface area (Å²) in [5, 5.41) is 0. The van der Waals surface area contributed by atoms with Crippen molar-refractivity contribution in [2.45, 2.75) is 51.9 Å². The lowest BCUT2D eigenvalue weighted by molar-refractivity contribution is 0.336. The van der Waals surface area contributed by atoms with Crippen LogP contribution in [-0.2, 0) is 4.74 Å². The van der Waals surface area contributed by atoms with Gasteiger partial charge in [-0.25, -0.2) is 0 Å². The Balaban J connectivity index is 2.86. The lowest BCUT2D eigenvalue weighted by Crippen LogP contribution is -1.77. The highest BCUT2D eigenvalue weighted by molar-refractivity contribution is 4.72. The summed E-state index contributed by atoms with van der Waals surface area (Å²) in [4.78, 5) is 0. The number of rotatable bonds is 8. The topological polar surface area (TPSA) is 9.23 Å². The second-order valence-electron chi connectivity index (χ2n) is 3.16. The molecule has 0 aromatic rings. The van der Waals surface area contributed by atoms with Crippen molar-refractivity contribution in [2.75, 3.05) is 7.11 Å². The molecule has 0 heterocycles. The quantitative estimate of drug-likeness (QED) is 0.396. The number of allylic oxidation sites excluding steroid dienone is 1. The third kappa shape index (κ3) is 9.54. The van der Waals surface area contributed by atoms with Gasteiger partial charge in [-0.15, -0.1) is 0 Å². The van der Waals surface area contributed by atoms with E-state index in [1.54, 1.807) is 13.4 Å². The van der Waals surface area contributed by atoms with Crippen LogP contribution in [0, 0.1) is 0 Å². The first-order valence-corrected chi connectivity index (χ1v) is 5.09. The second kappa shape index (κ2) is 10.5. The van der Waals surface area contributed by atoms with E-state index in [2.05, 4.69) is 13.0 Å². The van der Waals surface area contributed by atoms with Crippen molar-refractivity contribution in [1.82, 2.24) is 0 Å². The molecule has 0 atom stereocenters. The lowest BCUT2D eigenvalue weighted by Gasteiger charge is -1.97. The molecular formula is C11H22O. The van der Waals surface area contributed by atoms with E-state index in [1.165, 1.54) is 44.9 Å². The number of ether oxygens (including phenoxy) is 1. The average Bonchev–Trinajstić information content (AvgIpc) is 2.10. The van der Waals surface area contributed by atoms with Crippen LogP contribution in [0.4, 0.5) is 0 Å². The Hall–Kier alpha value is -0.460. The van der Waals surface area contributed by atoms with Crippen molar-refractivity contribution in [3.8, 4) is 0 Å². The maximum Gasteiger partial charge on any atom is 0.0784 e. The van der Waals surface area contributed by atoms with Gasteiger partial charge < -0.3 is 4.74 Å². The van der Waals surface area contributed by atoms with E-state index in [0.717, 1.165) is 0 Å². The van der Waals surface area contributed by atoms with Gasteiger partial charge in [-0.05, 0) is 18.9 Å². The zero-order valence-electron chi connectivity index (χ0n) is 8.51. The van der Waals surface area contributed by atoms with E-state index in [4.69, 9.17) is 4.74 Å². The molecule has 0 saturated carbocycles. The predicted molar refractivity (Wildman–Crippen MR) is 54.1 cm³/mol. The van der Waals surface area contributed by atoms with Gasteiger partial charge in [0.05, 0.1) is 13.4 Å². The molecule has 1 heteroatoms. The molecule has 0 aliphatic carbocycles. The third-order valence-electron chi connectivity index (χ3n) is 1.96. The molecule has 12 heavy (non-hydrogen) atoms. The molecule has 0 saturated heterocycles. The van der Waals surface area contributed by atoms with Crippen LogP contribution in [0.1, 0.15) is 51.9 Å². The maximum atomic E-state index is 4.81. The molecule has 0 fully saturated rings. The van der Waals surface area contributed by atoms with E-state index < -0.39 is 0 Å². The molecule has 0 aromatic heterocycles. The Labute approximate surface area is 76.8 Å². The van der Waals surface area contributed by atoms with Gasteiger partial charge in [-0.1, -0.05) is 39.0 Å².